The van der Waals surface area contributed by atoms with E-state index in [0.717, 1.165) is 40.3 Å². The van der Waals surface area contributed by atoms with Crippen LogP contribution in [0.5, 0.6) is 5.75 Å². The number of aliphatic hydroxyl groups is 1. The summed E-state index contributed by atoms with van der Waals surface area (Å²) in [7, 11) is 3.23. The predicted octanol–water partition coefficient (Wildman–Crippen LogP) is 5.23. The lowest BCUT2D eigenvalue weighted by Crippen LogP contribution is -2.38. The van der Waals surface area contributed by atoms with Crippen LogP contribution in [0.25, 0.3) is 32.8 Å². The predicted molar refractivity (Wildman–Crippen MR) is 148 cm³/mol. The first-order valence-corrected chi connectivity index (χ1v) is 12.8. The molecular formula is C30H26ClN3O4. The molecule has 0 bridgehead atoms. The van der Waals surface area contributed by atoms with Crippen molar-refractivity contribution in [2.24, 2.45) is 7.05 Å². The fraction of sp³-hybridized carbons (Fsp3) is 0.233. The molecule has 0 spiro atoms. The van der Waals surface area contributed by atoms with E-state index >= 15 is 0 Å². The van der Waals surface area contributed by atoms with Gasteiger partial charge in [-0.3, -0.25) is 4.79 Å². The van der Waals surface area contributed by atoms with Gasteiger partial charge in [0.05, 0.1) is 31.0 Å². The molecule has 7 nitrogen and oxygen atoms in total. The summed E-state index contributed by atoms with van der Waals surface area (Å²) in [6.45, 7) is -0.340. The molecule has 1 atom stereocenters. The van der Waals surface area contributed by atoms with Crippen LogP contribution < -0.4 is 10.3 Å². The van der Waals surface area contributed by atoms with E-state index in [1.165, 1.54) is 17.7 Å². The SMILES string of the molecule is COc1cc(=O)n(C)cc1-c1ccc2nc(Cl)nc(C(CO)(OC3CC3)c3cccc4ccccc34)c2c1. The van der Waals surface area contributed by atoms with Crippen LogP contribution in [0.1, 0.15) is 24.1 Å². The lowest BCUT2D eigenvalue weighted by atomic mass is 9.84. The Bertz CT molecular complexity index is 1740. The summed E-state index contributed by atoms with van der Waals surface area (Å²) in [6, 6.07) is 21.1. The van der Waals surface area contributed by atoms with E-state index in [1.54, 1.807) is 13.2 Å². The molecule has 0 aliphatic heterocycles. The third-order valence-electron chi connectivity index (χ3n) is 7.11. The molecule has 0 radical (unpaired) electrons. The zero-order chi connectivity index (χ0) is 26.4. The standard InChI is InChI=1S/C30H26ClN3O4/c1-34-16-23(26(37-2)15-27(34)36)19-10-13-25-22(14-19)28(33-29(31)32-25)30(17-35,38-20-11-12-20)24-9-5-7-18-6-3-4-8-21(18)24/h3-10,13-16,20,35H,11-12,17H2,1-2H3. The van der Waals surface area contributed by atoms with Crippen molar-refractivity contribution in [3.05, 3.63) is 99.8 Å². The minimum absolute atomic E-state index is 0.00293. The van der Waals surface area contributed by atoms with Crippen molar-refractivity contribution in [2.45, 2.75) is 24.5 Å². The molecule has 1 fully saturated rings. The zero-order valence-corrected chi connectivity index (χ0v) is 21.8. The Labute approximate surface area is 224 Å². The molecule has 3 aromatic carbocycles. The minimum Gasteiger partial charge on any atom is -0.496 e. The topological polar surface area (TPSA) is 86.5 Å². The summed E-state index contributed by atoms with van der Waals surface area (Å²) in [4.78, 5) is 21.4. The Morgan fingerprint density at radius 3 is 2.61 bits per heavy atom. The molecule has 0 amide bonds. The van der Waals surface area contributed by atoms with Crippen LogP contribution in [-0.4, -0.2) is 39.5 Å². The second-order valence-corrected chi connectivity index (χ2v) is 9.94. The summed E-state index contributed by atoms with van der Waals surface area (Å²) in [6.07, 6.45) is 3.55. The van der Waals surface area contributed by atoms with Gasteiger partial charge >= 0.3 is 0 Å². The largest absolute Gasteiger partial charge is 0.496 e. The Morgan fingerprint density at radius 2 is 1.84 bits per heavy atom. The maximum Gasteiger partial charge on any atom is 0.254 e. The highest BCUT2D eigenvalue weighted by Gasteiger charge is 2.44. The number of aromatic nitrogens is 3. The van der Waals surface area contributed by atoms with Gasteiger partial charge in [0.1, 0.15) is 5.75 Å². The number of ether oxygens (including phenoxy) is 2. The lowest BCUT2D eigenvalue weighted by molar-refractivity contribution is -0.0663. The van der Waals surface area contributed by atoms with Crippen molar-refractivity contribution >= 4 is 33.3 Å². The monoisotopic (exact) mass is 527 g/mol. The average molecular weight is 528 g/mol. The van der Waals surface area contributed by atoms with Crippen LogP contribution in [0.15, 0.2) is 77.7 Å². The molecule has 192 valence electrons. The molecule has 6 rings (SSSR count). The van der Waals surface area contributed by atoms with Crippen LogP contribution in [0, 0.1) is 0 Å². The van der Waals surface area contributed by atoms with Crippen LogP contribution >= 0.6 is 11.6 Å². The molecule has 1 saturated carbocycles. The molecule has 1 N–H and O–H groups in total. The van der Waals surface area contributed by atoms with E-state index in [2.05, 4.69) is 4.98 Å². The smallest absolute Gasteiger partial charge is 0.254 e. The number of halogens is 1. The first-order valence-electron chi connectivity index (χ1n) is 12.4. The Balaban J connectivity index is 1.66. The van der Waals surface area contributed by atoms with Crippen molar-refractivity contribution in [1.82, 2.24) is 14.5 Å². The van der Waals surface area contributed by atoms with Crippen LogP contribution in [0.3, 0.4) is 0 Å². The van der Waals surface area contributed by atoms with Crippen molar-refractivity contribution in [3.8, 4) is 16.9 Å². The average Bonchev–Trinajstić information content (AvgIpc) is 3.76. The van der Waals surface area contributed by atoms with Crippen LogP contribution in [-0.2, 0) is 17.4 Å². The van der Waals surface area contributed by atoms with Gasteiger partial charge in [0.25, 0.3) is 5.56 Å². The van der Waals surface area contributed by atoms with Gasteiger partial charge in [-0.25, -0.2) is 9.97 Å². The molecular weight excluding hydrogens is 502 g/mol. The third kappa shape index (κ3) is 4.13. The Hall–Kier alpha value is -3.78. The fourth-order valence-corrected chi connectivity index (χ4v) is 5.24. The fourth-order valence-electron chi connectivity index (χ4n) is 5.07. The number of methoxy groups -OCH3 is 1. The third-order valence-corrected chi connectivity index (χ3v) is 7.28. The number of nitrogens with zero attached hydrogens (tertiary/aromatic N) is 3. The number of rotatable bonds is 7. The second-order valence-electron chi connectivity index (χ2n) is 9.61. The minimum atomic E-state index is -1.28. The van der Waals surface area contributed by atoms with E-state index in [-0.39, 0.29) is 23.6 Å². The number of fused-ring (bicyclic) bond motifs is 2. The Kier molecular flexibility index (Phi) is 6.14. The number of aliphatic hydroxyl groups excluding tert-OH is 1. The van der Waals surface area contributed by atoms with E-state index in [4.69, 9.17) is 26.1 Å². The van der Waals surface area contributed by atoms with Gasteiger partial charge in [-0.2, -0.15) is 0 Å². The number of benzene rings is 3. The van der Waals surface area contributed by atoms with E-state index in [0.29, 0.717) is 22.3 Å². The lowest BCUT2D eigenvalue weighted by Gasteiger charge is -2.34. The summed E-state index contributed by atoms with van der Waals surface area (Å²) in [5, 5.41) is 13.9. The van der Waals surface area contributed by atoms with Crippen molar-refractivity contribution in [3.63, 3.8) is 0 Å². The first-order chi connectivity index (χ1) is 18.4. The van der Waals surface area contributed by atoms with Gasteiger partial charge in [0.2, 0.25) is 5.28 Å². The van der Waals surface area contributed by atoms with E-state index in [1.807, 2.05) is 60.7 Å². The highest BCUT2D eigenvalue weighted by Crippen LogP contribution is 2.45. The maximum absolute atomic E-state index is 12.2. The van der Waals surface area contributed by atoms with Gasteiger partial charge < -0.3 is 19.1 Å². The van der Waals surface area contributed by atoms with E-state index in [9.17, 15) is 9.90 Å². The number of hydrogen-bond acceptors (Lipinski definition) is 6. The molecule has 1 aliphatic carbocycles. The second kappa shape index (κ2) is 9.51. The highest BCUT2D eigenvalue weighted by atomic mass is 35.5. The first kappa shape index (κ1) is 24.6. The van der Waals surface area contributed by atoms with Crippen molar-refractivity contribution in [1.29, 1.82) is 0 Å². The summed E-state index contributed by atoms with van der Waals surface area (Å²) < 4.78 is 13.7. The van der Waals surface area contributed by atoms with Gasteiger partial charge in [0, 0.05) is 35.8 Å². The molecule has 5 aromatic rings. The van der Waals surface area contributed by atoms with Gasteiger partial charge in [-0.15, -0.1) is 0 Å². The van der Waals surface area contributed by atoms with Crippen LogP contribution in [0.4, 0.5) is 0 Å². The van der Waals surface area contributed by atoms with E-state index < -0.39 is 5.60 Å². The quantitative estimate of drug-likeness (QED) is 0.292. The van der Waals surface area contributed by atoms with Crippen molar-refractivity contribution < 1.29 is 14.6 Å². The maximum atomic E-state index is 12.2. The molecule has 1 aliphatic rings. The molecule has 1 unspecified atom stereocenters. The molecule has 38 heavy (non-hydrogen) atoms. The summed E-state index contributed by atoms with van der Waals surface area (Å²) in [5.41, 5.74) is 2.00. The summed E-state index contributed by atoms with van der Waals surface area (Å²) >= 11 is 6.47. The van der Waals surface area contributed by atoms with Gasteiger partial charge in [0.15, 0.2) is 5.60 Å². The van der Waals surface area contributed by atoms with Crippen molar-refractivity contribution in [2.75, 3.05) is 13.7 Å². The number of hydrogen-bond donors (Lipinski definition) is 1. The molecule has 8 heteroatoms. The molecule has 2 aromatic heterocycles. The molecule has 2 heterocycles. The van der Waals surface area contributed by atoms with Crippen LogP contribution in [0.2, 0.25) is 5.28 Å². The highest BCUT2D eigenvalue weighted by molar-refractivity contribution is 6.28. The Morgan fingerprint density at radius 1 is 1.05 bits per heavy atom. The number of aryl methyl sites for hydroxylation is 1. The molecule has 0 saturated heterocycles. The van der Waals surface area contributed by atoms with Gasteiger partial charge in [-0.05, 0) is 52.9 Å². The normalized spacial score (nSPS) is 15.1. The zero-order valence-electron chi connectivity index (χ0n) is 21.0. The number of pyridine rings is 1. The summed E-state index contributed by atoms with van der Waals surface area (Å²) in [5.74, 6) is 0.459. The van der Waals surface area contributed by atoms with Gasteiger partial charge in [-0.1, -0.05) is 48.5 Å².